The van der Waals surface area contributed by atoms with E-state index in [9.17, 15) is 0 Å². The predicted molar refractivity (Wildman–Crippen MR) is 72.8 cm³/mol. The van der Waals surface area contributed by atoms with Gasteiger partial charge in [0.15, 0.2) is 0 Å². The average molecular weight is 282 g/mol. The maximum absolute atomic E-state index is 9.07. The highest BCUT2D eigenvalue weighted by atomic mass is 35.5. The van der Waals surface area contributed by atoms with Gasteiger partial charge in [-0.25, -0.2) is 0 Å². The van der Waals surface area contributed by atoms with Crippen LogP contribution in [0.2, 0.25) is 5.02 Å². The molecule has 0 fully saturated rings. The molecule has 0 aliphatic heterocycles. The molecule has 1 N–H and O–H groups in total. The highest BCUT2D eigenvalue weighted by molar-refractivity contribution is 6.30. The zero-order valence-corrected chi connectivity index (χ0v) is 11.6. The Morgan fingerprint density at radius 1 is 1.37 bits per heavy atom. The molecule has 0 aliphatic rings. The molecule has 102 valence electrons. The summed E-state index contributed by atoms with van der Waals surface area (Å²) in [6, 6.07) is 7.30. The maximum Gasteiger partial charge on any atom is 0.241 e. The van der Waals surface area contributed by atoms with Crippen LogP contribution in [0.1, 0.15) is 12.8 Å². The molecule has 2 aromatic rings. The number of benzene rings is 1. The lowest BCUT2D eigenvalue weighted by Crippen LogP contribution is -2.31. The van der Waals surface area contributed by atoms with E-state index in [1.165, 1.54) is 0 Å². The summed E-state index contributed by atoms with van der Waals surface area (Å²) in [7, 11) is 1.90. The minimum atomic E-state index is 0.0471. The molecule has 0 radical (unpaired) electrons. The van der Waals surface area contributed by atoms with Gasteiger partial charge in [-0.2, -0.15) is 4.98 Å². The second-order valence-corrected chi connectivity index (χ2v) is 4.90. The topological polar surface area (TPSA) is 62.4 Å². The summed E-state index contributed by atoms with van der Waals surface area (Å²) >= 11 is 5.83. The number of likely N-dealkylation sites (N-methyl/N-ethyl adjacent to an activating group) is 1. The van der Waals surface area contributed by atoms with Crippen LogP contribution in [-0.2, 0) is 6.54 Å². The maximum atomic E-state index is 9.07. The Morgan fingerprint density at radius 3 is 2.68 bits per heavy atom. The third-order valence-electron chi connectivity index (χ3n) is 2.97. The fourth-order valence-electron chi connectivity index (χ4n) is 1.54. The van der Waals surface area contributed by atoms with E-state index in [1.807, 2.05) is 31.0 Å². The van der Waals surface area contributed by atoms with Crippen molar-refractivity contribution in [2.75, 3.05) is 13.7 Å². The summed E-state index contributed by atoms with van der Waals surface area (Å²) in [5, 5.41) is 13.7. The Labute approximate surface area is 116 Å². The predicted octanol–water partition coefficient (Wildman–Crippen LogP) is 2.20. The molecule has 1 aromatic heterocycles. The van der Waals surface area contributed by atoms with E-state index in [2.05, 4.69) is 10.1 Å². The minimum absolute atomic E-state index is 0.0471. The number of halogens is 1. The summed E-state index contributed by atoms with van der Waals surface area (Å²) < 4.78 is 5.20. The molecular weight excluding hydrogens is 266 g/mol. The average Bonchev–Trinajstić information content (AvgIpc) is 2.87. The molecular formula is C13H16ClN3O2. The number of aliphatic hydroxyl groups excluding tert-OH is 1. The molecule has 19 heavy (non-hydrogen) atoms. The SMILES string of the molecule is CC(CO)N(C)Cc1nc(-c2ccc(Cl)cc2)no1. The van der Waals surface area contributed by atoms with Crippen molar-refractivity contribution >= 4 is 11.6 Å². The van der Waals surface area contributed by atoms with Gasteiger partial charge < -0.3 is 9.63 Å². The largest absolute Gasteiger partial charge is 0.395 e. The van der Waals surface area contributed by atoms with Crippen LogP contribution in [0.4, 0.5) is 0 Å². The van der Waals surface area contributed by atoms with Crippen molar-refractivity contribution in [3.8, 4) is 11.4 Å². The number of aliphatic hydroxyl groups is 1. The van der Waals surface area contributed by atoms with Crippen LogP contribution < -0.4 is 0 Å². The van der Waals surface area contributed by atoms with E-state index in [1.54, 1.807) is 12.1 Å². The highest BCUT2D eigenvalue weighted by Crippen LogP contribution is 2.19. The van der Waals surface area contributed by atoms with Crippen molar-refractivity contribution in [2.45, 2.75) is 19.5 Å². The van der Waals surface area contributed by atoms with Gasteiger partial charge in [0.25, 0.3) is 0 Å². The van der Waals surface area contributed by atoms with Crippen LogP contribution in [0.15, 0.2) is 28.8 Å². The quantitative estimate of drug-likeness (QED) is 0.910. The second kappa shape index (κ2) is 6.14. The van der Waals surface area contributed by atoms with E-state index >= 15 is 0 Å². The molecule has 1 heterocycles. The van der Waals surface area contributed by atoms with Crippen molar-refractivity contribution in [1.29, 1.82) is 0 Å². The van der Waals surface area contributed by atoms with Crippen LogP contribution >= 0.6 is 11.6 Å². The van der Waals surface area contributed by atoms with Crippen LogP contribution in [0.3, 0.4) is 0 Å². The first-order valence-corrected chi connectivity index (χ1v) is 6.37. The van der Waals surface area contributed by atoms with Gasteiger partial charge >= 0.3 is 0 Å². The molecule has 1 atom stereocenters. The van der Waals surface area contributed by atoms with Gasteiger partial charge in [0.2, 0.25) is 11.7 Å². The van der Waals surface area contributed by atoms with E-state index in [0.717, 1.165) is 5.56 Å². The Morgan fingerprint density at radius 2 is 2.05 bits per heavy atom. The first-order valence-electron chi connectivity index (χ1n) is 5.99. The van der Waals surface area contributed by atoms with Gasteiger partial charge in [0, 0.05) is 16.6 Å². The van der Waals surface area contributed by atoms with Crippen LogP contribution in [-0.4, -0.2) is 39.8 Å². The summed E-state index contributed by atoms with van der Waals surface area (Å²) in [4.78, 5) is 6.27. The molecule has 0 saturated heterocycles. The molecule has 1 unspecified atom stereocenters. The first kappa shape index (κ1) is 14.0. The third kappa shape index (κ3) is 3.53. The first-order chi connectivity index (χ1) is 9.10. The van der Waals surface area contributed by atoms with E-state index in [4.69, 9.17) is 21.2 Å². The summed E-state index contributed by atoms with van der Waals surface area (Å²) in [6.07, 6.45) is 0. The molecule has 5 nitrogen and oxygen atoms in total. The van der Waals surface area contributed by atoms with Gasteiger partial charge in [-0.3, -0.25) is 4.90 Å². The highest BCUT2D eigenvalue weighted by Gasteiger charge is 2.14. The van der Waals surface area contributed by atoms with Gasteiger partial charge in [0.05, 0.1) is 13.2 Å². The fraction of sp³-hybridized carbons (Fsp3) is 0.385. The minimum Gasteiger partial charge on any atom is -0.395 e. The van der Waals surface area contributed by atoms with Gasteiger partial charge in [-0.15, -0.1) is 0 Å². The lowest BCUT2D eigenvalue weighted by molar-refractivity contribution is 0.142. The Bertz CT molecular complexity index is 527. The van der Waals surface area contributed by atoms with Crippen molar-refractivity contribution < 1.29 is 9.63 Å². The number of hydrogen-bond donors (Lipinski definition) is 1. The molecule has 0 aliphatic carbocycles. The second-order valence-electron chi connectivity index (χ2n) is 4.47. The third-order valence-corrected chi connectivity index (χ3v) is 3.22. The number of rotatable bonds is 5. The molecule has 2 rings (SSSR count). The van der Waals surface area contributed by atoms with Crippen LogP contribution in [0, 0.1) is 0 Å². The van der Waals surface area contributed by atoms with E-state index in [-0.39, 0.29) is 12.6 Å². The number of nitrogens with zero attached hydrogens (tertiary/aromatic N) is 3. The van der Waals surface area contributed by atoms with Crippen LogP contribution in [0.5, 0.6) is 0 Å². The Hall–Kier alpha value is -1.43. The molecule has 1 aromatic carbocycles. The van der Waals surface area contributed by atoms with Crippen molar-refractivity contribution in [3.05, 3.63) is 35.2 Å². The van der Waals surface area contributed by atoms with E-state index < -0.39 is 0 Å². The van der Waals surface area contributed by atoms with Gasteiger partial charge in [-0.1, -0.05) is 16.8 Å². The molecule has 0 bridgehead atoms. The van der Waals surface area contributed by atoms with Crippen molar-refractivity contribution in [2.24, 2.45) is 0 Å². The van der Waals surface area contributed by atoms with E-state index in [0.29, 0.717) is 23.3 Å². The number of aromatic nitrogens is 2. The molecule has 6 heteroatoms. The Kier molecular flexibility index (Phi) is 4.52. The molecule has 0 saturated carbocycles. The zero-order valence-electron chi connectivity index (χ0n) is 10.9. The smallest absolute Gasteiger partial charge is 0.241 e. The molecule has 0 spiro atoms. The normalized spacial score (nSPS) is 12.9. The summed E-state index contributed by atoms with van der Waals surface area (Å²) in [6.45, 7) is 2.52. The lowest BCUT2D eigenvalue weighted by Gasteiger charge is -2.20. The standard InChI is InChI=1S/C13H16ClN3O2/c1-9(8-18)17(2)7-12-15-13(16-19-12)10-3-5-11(14)6-4-10/h3-6,9,18H,7-8H2,1-2H3. The zero-order chi connectivity index (χ0) is 13.8. The summed E-state index contributed by atoms with van der Waals surface area (Å²) in [5.41, 5.74) is 0.859. The lowest BCUT2D eigenvalue weighted by atomic mass is 10.2. The number of hydrogen-bond acceptors (Lipinski definition) is 5. The monoisotopic (exact) mass is 281 g/mol. The van der Waals surface area contributed by atoms with Crippen molar-refractivity contribution in [1.82, 2.24) is 15.0 Å². The molecule has 0 amide bonds. The van der Waals surface area contributed by atoms with Gasteiger partial charge in [-0.05, 0) is 38.2 Å². The van der Waals surface area contributed by atoms with Gasteiger partial charge in [0.1, 0.15) is 0 Å². The fourth-order valence-corrected chi connectivity index (χ4v) is 1.67. The summed E-state index contributed by atoms with van der Waals surface area (Å²) in [5.74, 6) is 1.06. The van der Waals surface area contributed by atoms with Crippen LogP contribution in [0.25, 0.3) is 11.4 Å². The Balaban J connectivity index is 2.09. The van der Waals surface area contributed by atoms with Crippen molar-refractivity contribution in [3.63, 3.8) is 0 Å².